The third-order valence-corrected chi connectivity index (χ3v) is 21.1. The van der Waals surface area contributed by atoms with Crippen molar-refractivity contribution in [3.05, 3.63) is 334 Å². The molecule has 20 aromatic rings. The van der Waals surface area contributed by atoms with Crippen LogP contribution in [-0.2, 0) is 0 Å². The topological polar surface area (TPSA) is 168 Å². The van der Waals surface area contributed by atoms with Crippen LogP contribution in [0.4, 0.5) is 0 Å². The number of rotatable bonds is 12. The number of hydrogen-bond donors (Lipinski definition) is 0. The van der Waals surface area contributed by atoms with Crippen LogP contribution in [0.15, 0.2) is 334 Å². The summed E-state index contributed by atoms with van der Waals surface area (Å²) in [6.07, 6.45) is 1.85. The molecule has 0 amide bonds. The second-order valence-corrected chi connectivity index (χ2v) is 27.5. The first-order valence-corrected chi connectivity index (χ1v) is 36.2. The Labute approximate surface area is 615 Å². The Kier molecular flexibility index (Phi) is 16.3. The summed E-state index contributed by atoms with van der Waals surface area (Å²) in [5, 5.41) is 15.4. The Morgan fingerprint density at radius 2 is 0.604 bits per heavy atom. The molecule has 8 heterocycles. The van der Waals surface area contributed by atoms with E-state index >= 15 is 0 Å². The van der Waals surface area contributed by atoms with Crippen molar-refractivity contribution in [2.24, 2.45) is 0 Å². The maximum Gasteiger partial charge on any atom is 0.164 e. The Morgan fingerprint density at radius 3 is 1.14 bits per heavy atom. The van der Waals surface area contributed by atoms with Gasteiger partial charge in [-0.2, -0.15) is 0 Å². The minimum atomic E-state index is 0.607. The summed E-state index contributed by atoms with van der Waals surface area (Å²) in [7, 11) is 0. The fourth-order valence-corrected chi connectivity index (χ4v) is 15.7. The van der Waals surface area contributed by atoms with Gasteiger partial charge >= 0.3 is 0 Å². The molecule has 0 atom stereocenters. The van der Waals surface area contributed by atoms with Gasteiger partial charge in [0.25, 0.3) is 0 Å². The molecule has 8 aromatic heterocycles. The number of fused-ring (bicyclic) bond motifs is 9. The van der Waals surface area contributed by atoms with Crippen molar-refractivity contribution in [1.82, 2.24) is 65.3 Å². The number of pyridine rings is 2. The van der Waals surface area contributed by atoms with Crippen LogP contribution < -0.4 is 0 Å². The van der Waals surface area contributed by atoms with E-state index in [2.05, 4.69) is 210 Å². The highest BCUT2D eigenvalue weighted by Gasteiger charge is 2.21. The lowest BCUT2D eigenvalue weighted by Gasteiger charge is -2.11. The molecule has 106 heavy (non-hydrogen) atoms. The molecule has 0 aliphatic rings. The van der Waals surface area contributed by atoms with Gasteiger partial charge in [0, 0.05) is 66.2 Å². The lowest BCUT2D eigenvalue weighted by molar-refractivity contribution is 0.904. The van der Waals surface area contributed by atoms with Crippen molar-refractivity contribution >= 4 is 85.5 Å². The van der Waals surface area contributed by atoms with E-state index in [4.69, 9.17) is 49.8 Å². The second kappa shape index (κ2) is 27.4. The smallest absolute Gasteiger partial charge is 0.164 e. The summed E-state index contributed by atoms with van der Waals surface area (Å²) in [5.74, 6) is 3.75. The third kappa shape index (κ3) is 12.3. The van der Waals surface area contributed by atoms with E-state index in [0.29, 0.717) is 40.5 Å². The minimum absolute atomic E-state index is 0.607. The molecule has 15 heteroatoms. The van der Waals surface area contributed by atoms with Crippen LogP contribution in [0, 0.1) is 0 Å². The lowest BCUT2D eigenvalue weighted by Crippen LogP contribution is -2.00. The van der Waals surface area contributed by atoms with E-state index < -0.39 is 0 Å². The van der Waals surface area contributed by atoms with Gasteiger partial charge < -0.3 is 0 Å². The molecule has 0 N–H and O–H groups in total. The lowest BCUT2D eigenvalue weighted by atomic mass is 9.99. The molecule has 0 aliphatic heterocycles. The zero-order valence-electron chi connectivity index (χ0n) is 56.4. The Bertz CT molecular complexity index is 6670. The molecule has 12 aromatic carbocycles. The SMILES string of the molecule is c1ccc(-c2ccc(-c3nc(-c4ccccc4)nc(-c4ccc(-c5cccc(-c6nnnc7c6sc6nc8ccccc8nc67)c5)cc4)n3)cc2)cc1.c1ccc(-c2ccc(-c3nc(-c4ccccc4)nc(-c4cccc(-c5ccc(-c6nc7cccnc7c7c6sc6ccccc67)cc5)c4)n3)cc2)cc1. The number of para-hydroxylation sites is 2. The Hall–Kier alpha value is -14.0. The average molecular weight is 1390 g/mol. The highest BCUT2D eigenvalue weighted by Crippen LogP contribution is 2.44. The van der Waals surface area contributed by atoms with Crippen LogP contribution in [0.3, 0.4) is 0 Å². The monoisotopic (exact) mass is 1390 g/mol. The Morgan fingerprint density at radius 1 is 0.217 bits per heavy atom. The van der Waals surface area contributed by atoms with Crippen molar-refractivity contribution in [3.63, 3.8) is 0 Å². The largest absolute Gasteiger partial charge is 0.254 e. The van der Waals surface area contributed by atoms with E-state index in [9.17, 15) is 0 Å². The van der Waals surface area contributed by atoms with Gasteiger partial charge in [-0.05, 0) is 92.2 Å². The van der Waals surface area contributed by atoms with Crippen LogP contribution >= 0.6 is 22.7 Å². The summed E-state index contributed by atoms with van der Waals surface area (Å²) >= 11 is 3.32. The number of nitrogens with zero attached hydrogens (tertiary/aromatic N) is 13. The van der Waals surface area contributed by atoms with E-state index in [-0.39, 0.29) is 0 Å². The third-order valence-electron chi connectivity index (χ3n) is 18.8. The Balaban J connectivity index is 0.000000145. The number of thiophene rings is 2. The number of hydrogen-bond acceptors (Lipinski definition) is 15. The van der Waals surface area contributed by atoms with E-state index in [1.807, 2.05) is 140 Å². The maximum absolute atomic E-state index is 5.14. The van der Waals surface area contributed by atoms with Gasteiger partial charge in [0.2, 0.25) is 0 Å². The van der Waals surface area contributed by atoms with Crippen LogP contribution in [0.25, 0.3) is 198 Å². The number of aromatic nitrogens is 13. The first kappa shape index (κ1) is 63.0. The molecule has 0 saturated carbocycles. The van der Waals surface area contributed by atoms with Gasteiger partial charge in [-0.3, -0.25) is 4.98 Å². The molecule has 0 spiro atoms. The predicted molar refractivity (Wildman–Crippen MR) is 430 cm³/mol. The van der Waals surface area contributed by atoms with Gasteiger partial charge in [0.05, 0.1) is 37.2 Å². The summed E-state index contributed by atoms with van der Waals surface area (Å²) in [5.41, 5.74) is 23.1. The molecular weight excluding hydrogens is 1340 g/mol. The predicted octanol–water partition coefficient (Wildman–Crippen LogP) is 22.6. The zero-order valence-corrected chi connectivity index (χ0v) is 58.0. The van der Waals surface area contributed by atoms with Crippen molar-refractivity contribution < 1.29 is 0 Å². The summed E-state index contributed by atoms with van der Waals surface area (Å²) < 4.78 is 3.30. The standard InChI is InChI=1S/C47H29N5S.C44H26N8S/c1-3-11-30(12-4-1)31-22-26-35(27-23-31)46-50-45(34-13-5-2-6-14-34)51-47(52-46)37-16-9-15-36(29-37)32-20-24-33(25-21-32)42-44-41(38-17-7-8-19-40(38)53-44)43-39(49-42)18-10-28-48-43;1-3-10-27(11-4-1)28-18-22-31(23-19-28)42-47-41(30-12-5-2-6-13-30)48-43(49-42)32-24-20-29(21-25-32)33-14-9-15-34(26-33)37-40-38(51-52-50-37)39-44(53-40)46-36-17-8-7-16-35(36)45-39/h1-29H;1-26H. The molecule has 20 rings (SSSR count). The van der Waals surface area contributed by atoms with Crippen molar-refractivity contribution in [2.45, 2.75) is 0 Å². The van der Waals surface area contributed by atoms with Gasteiger partial charge in [-0.25, -0.2) is 44.9 Å². The average Bonchev–Trinajstić information content (AvgIpc) is 1.58. The van der Waals surface area contributed by atoms with E-state index in [1.54, 1.807) is 22.7 Å². The zero-order chi connectivity index (χ0) is 70.3. The van der Waals surface area contributed by atoms with Crippen LogP contribution in [0.5, 0.6) is 0 Å². The summed E-state index contributed by atoms with van der Waals surface area (Å²) in [6, 6.07) is 112. The summed E-state index contributed by atoms with van der Waals surface area (Å²) in [4.78, 5) is 50.2. The second-order valence-electron chi connectivity index (χ2n) is 25.5. The molecule has 0 aliphatic carbocycles. The molecule has 0 unspecified atom stereocenters. The first-order valence-electron chi connectivity index (χ1n) is 34.6. The summed E-state index contributed by atoms with van der Waals surface area (Å²) in [6.45, 7) is 0. The molecule has 496 valence electrons. The number of benzene rings is 12. The first-order chi connectivity index (χ1) is 52.5. The highest BCUT2D eigenvalue weighted by atomic mass is 32.1. The fourth-order valence-electron chi connectivity index (χ4n) is 13.5. The molecule has 0 radical (unpaired) electrons. The molecule has 13 nitrogen and oxygen atoms in total. The molecular formula is C91H55N13S2. The van der Waals surface area contributed by atoms with Crippen LogP contribution in [0.1, 0.15) is 0 Å². The quantitative estimate of drug-likeness (QED) is 0.113. The van der Waals surface area contributed by atoms with E-state index in [0.717, 1.165) is 137 Å². The van der Waals surface area contributed by atoms with Gasteiger partial charge in [-0.1, -0.05) is 285 Å². The highest BCUT2D eigenvalue weighted by molar-refractivity contribution is 7.26. The minimum Gasteiger partial charge on any atom is -0.254 e. The van der Waals surface area contributed by atoms with Gasteiger partial charge in [0.1, 0.15) is 21.6 Å². The fraction of sp³-hybridized carbons (Fsp3) is 0. The molecule has 0 bridgehead atoms. The van der Waals surface area contributed by atoms with Gasteiger partial charge in [-0.15, -0.1) is 32.9 Å². The molecule has 0 saturated heterocycles. The van der Waals surface area contributed by atoms with Gasteiger partial charge in [0.15, 0.2) is 34.9 Å². The maximum atomic E-state index is 5.14. The van der Waals surface area contributed by atoms with Crippen LogP contribution in [0.2, 0.25) is 0 Å². The van der Waals surface area contributed by atoms with E-state index in [1.165, 1.54) is 21.0 Å². The van der Waals surface area contributed by atoms with Crippen LogP contribution in [-0.4, -0.2) is 65.3 Å². The van der Waals surface area contributed by atoms with Crippen molar-refractivity contribution in [2.75, 3.05) is 0 Å². The van der Waals surface area contributed by atoms with Crippen molar-refractivity contribution in [1.29, 1.82) is 0 Å². The normalized spacial score (nSPS) is 11.4. The molecule has 0 fully saturated rings. The van der Waals surface area contributed by atoms with Crippen molar-refractivity contribution in [3.8, 4) is 135 Å².